The molecule has 0 bridgehead atoms. The zero-order chi connectivity index (χ0) is 19.2. The normalized spacial score (nSPS) is 29.1. The Morgan fingerprint density at radius 2 is 0.741 bits per heavy atom. The maximum atomic E-state index is 2.33. The highest BCUT2D eigenvalue weighted by Crippen LogP contribution is 2.43. The second-order valence-corrected chi connectivity index (χ2v) is 10.3. The first-order valence-corrected chi connectivity index (χ1v) is 13.3. The van der Waals surface area contributed by atoms with Gasteiger partial charge in [-0.15, -0.1) is 0 Å². The SMILES string of the molecule is CCCCCCCCC[C@H]1CC[C@H]([C@H]2CC[C@H](CCCCCC)CC2)CC1. The highest BCUT2D eigenvalue weighted by molar-refractivity contribution is 4.82. The summed E-state index contributed by atoms with van der Waals surface area (Å²) in [7, 11) is 0. The molecule has 0 heterocycles. The smallest absolute Gasteiger partial charge is 0.0386 e. The number of hydrogen-bond acceptors (Lipinski definition) is 0. The quantitative estimate of drug-likeness (QED) is 0.265. The van der Waals surface area contributed by atoms with Crippen molar-refractivity contribution >= 4 is 0 Å². The van der Waals surface area contributed by atoms with Crippen LogP contribution in [0, 0.1) is 23.7 Å². The van der Waals surface area contributed by atoms with Crippen LogP contribution in [0.2, 0.25) is 0 Å². The van der Waals surface area contributed by atoms with Crippen molar-refractivity contribution < 1.29 is 0 Å². The molecule has 0 aromatic heterocycles. The lowest BCUT2D eigenvalue weighted by Crippen LogP contribution is -2.25. The predicted molar refractivity (Wildman–Crippen MR) is 122 cm³/mol. The zero-order valence-electron chi connectivity index (χ0n) is 19.2. The van der Waals surface area contributed by atoms with E-state index in [9.17, 15) is 0 Å². The van der Waals surface area contributed by atoms with E-state index in [1.807, 2.05) is 0 Å². The van der Waals surface area contributed by atoms with Gasteiger partial charge in [-0.05, 0) is 49.4 Å². The van der Waals surface area contributed by atoms with Gasteiger partial charge in [0.2, 0.25) is 0 Å². The fourth-order valence-electron chi connectivity index (χ4n) is 6.15. The van der Waals surface area contributed by atoms with Gasteiger partial charge in [-0.3, -0.25) is 0 Å². The minimum atomic E-state index is 1.09. The van der Waals surface area contributed by atoms with Crippen LogP contribution in [0.1, 0.15) is 149 Å². The molecule has 0 heteroatoms. The van der Waals surface area contributed by atoms with Gasteiger partial charge in [-0.2, -0.15) is 0 Å². The van der Waals surface area contributed by atoms with E-state index in [1.54, 1.807) is 57.8 Å². The molecule has 0 radical (unpaired) electrons. The summed E-state index contributed by atoms with van der Waals surface area (Å²) in [5.41, 5.74) is 0. The minimum Gasteiger partial charge on any atom is -0.0654 e. The summed E-state index contributed by atoms with van der Waals surface area (Å²) in [6.07, 6.45) is 31.8. The van der Waals surface area contributed by atoms with E-state index in [2.05, 4.69) is 13.8 Å². The van der Waals surface area contributed by atoms with Gasteiger partial charge < -0.3 is 0 Å². The lowest BCUT2D eigenvalue weighted by molar-refractivity contribution is 0.139. The maximum Gasteiger partial charge on any atom is -0.0386 e. The highest BCUT2D eigenvalue weighted by atomic mass is 14.4. The topological polar surface area (TPSA) is 0 Å². The molecule has 0 unspecified atom stereocenters. The monoisotopic (exact) mass is 376 g/mol. The van der Waals surface area contributed by atoms with Crippen LogP contribution in [-0.2, 0) is 0 Å². The fourth-order valence-corrected chi connectivity index (χ4v) is 6.15. The Morgan fingerprint density at radius 3 is 1.15 bits per heavy atom. The third kappa shape index (κ3) is 9.85. The molecule has 0 saturated heterocycles. The second kappa shape index (κ2) is 14.9. The van der Waals surface area contributed by atoms with Gasteiger partial charge >= 0.3 is 0 Å². The van der Waals surface area contributed by atoms with E-state index < -0.39 is 0 Å². The van der Waals surface area contributed by atoms with Crippen molar-refractivity contribution in [2.24, 2.45) is 23.7 Å². The standard InChI is InChI=1S/C27H52/c1-3-5-7-9-10-11-13-15-25-18-22-27(23-19-25)26-20-16-24(17-21-26)14-12-8-6-4-2/h24-27H,3-23H2,1-2H3/t24-,25-,26-,27-. The summed E-state index contributed by atoms with van der Waals surface area (Å²) in [6, 6.07) is 0. The Balaban J connectivity index is 1.47. The molecule has 0 aliphatic heterocycles. The van der Waals surface area contributed by atoms with Crippen LogP contribution in [0.15, 0.2) is 0 Å². The Morgan fingerprint density at radius 1 is 0.407 bits per heavy atom. The average molecular weight is 377 g/mol. The molecular weight excluding hydrogens is 324 g/mol. The van der Waals surface area contributed by atoms with Gasteiger partial charge in [-0.1, -0.05) is 123 Å². The molecule has 2 saturated carbocycles. The molecule has 0 N–H and O–H groups in total. The average Bonchev–Trinajstić information content (AvgIpc) is 2.71. The first-order chi connectivity index (χ1) is 13.3. The molecule has 0 amide bonds. The zero-order valence-corrected chi connectivity index (χ0v) is 19.2. The second-order valence-electron chi connectivity index (χ2n) is 10.3. The van der Waals surface area contributed by atoms with Gasteiger partial charge in [-0.25, -0.2) is 0 Å². The summed E-state index contributed by atoms with van der Waals surface area (Å²) < 4.78 is 0. The molecule has 0 spiro atoms. The Bertz CT molecular complexity index is 317. The van der Waals surface area contributed by atoms with Crippen molar-refractivity contribution in [1.29, 1.82) is 0 Å². The van der Waals surface area contributed by atoms with Crippen molar-refractivity contribution in [3.8, 4) is 0 Å². The third-order valence-corrected chi connectivity index (χ3v) is 8.13. The molecule has 160 valence electrons. The van der Waals surface area contributed by atoms with Crippen LogP contribution in [0.4, 0.5) is 0 Å². The number of rotatable bonds is 14. The highest BCUT2D eigenvalue weighted by Gasteiger charge is 2.30. The molecule has 2 aliphatic rings. The van der Waals surface area contributed by atoms with Gasteiger partial charge in [0.05, 0.1) is 0 Å². The molecule has 0 aromatic rings. The van der Waals surface area contributed by atoms with Crippen LogP contribution >= 0.6 is 0 Å². The summed E-state index contributed by atoms with van der Waals surface area (Å²) in [5.74, 6) is 4.39. The molecule has 0 nitrogen and oxygen atoms in total. The van der Waals surface area contributed by atoms with Crippen LogP contribution in [-0.4, -0.2) is 0 Å². The first-order valence-electron chi connectivity index (χ1n) is 13.3. The van der Waals surface area contributed by atoms with Gasteiger partial charge in [0.25, 0.3) is 0 Å². The van der Waals surface area contributed by atoms with E-state index in [0.717, 1.165) is 23.7 Å². The van der Waals surface area contributed by atoms with Crippen molar-refractivity contribution in [3.63, 3.8) is 0 Å². The minimum absolute atomic E-state index is 1.09. The molecule has 2 aliphatic carbocycles. The Labute approximate surface area is 172 Å². The summed E-state index contributed by atoms with van der Waals surface area (Å²) in [4.78, 5) is 0. The molecular formula is C27H52. The van der Waals surface area contributed by atoms with Crippen LogP contribution < -0.4 is 0 Å². The van der Waals surface area contributed by atoms with Crippen molar-refractivity contribution in [1.82, 2.24) is 0 Å². The fraction of sp³-hybridized carbons (Fsp3) is 1.00. The summed E-state index contributed by atoms with van der Waals surface area (Å²) in [5, 5.41) is 0. The largest absolute Gasteiger partial charge is 0.0654 e. The molecule has 0 atom stereocenters. The molecule has 0 aromatic carbocycles. The lowest BCUT2D eigenvalue weighted by Gasteiger charge is -2.38. The molecule has 27 heavy (non-hydrogen) atoms. The van der Waals surface area contributed by atoms with Gasteiger partial charge in [0.1, 0.15) is 0 Å². The van der Waals surface area contributed by atoms with E-state index in [1.165, 1.54) is 77.0 Å². The van der Waals surface area contributed by atoms with Crippen LogP contribution in [0.5, 0.6) is 0 Å². The predicted octanol–water partition coefficient (Wildman–Crippen LogP) is 9.71. The molecule has 2 rings (SSSR count). The summed E-state index contributed by atoms with van der Waals surface area (Å²) in [6.45, 7) is 4.64. The van der Waals surface area contributed by atoms with Crippen LogP contribution in [0.3, 0.4) is 0 Å². The van der Waals surface area contributed by atoms with E-state index >= 15 is 0 Å². The molecule has 2 fully saturated rings. The van der Waals surface area contributed by atoms with Crippen LogP contribution in [0.25, 0.3) is 0 Å². The Hall–Kier alpha value is 0. The number of unbranched alkanes of at least 4 members (excludes halogenated alkanes) is 9. The van der Waals surface area contributed by atoms with E-state index in [0.29, 0.717) is 0 Å². The summed E-state index contributed by atoms with van der Waals surface area (Å²) >= 11 is 0. The van der Waals surface area contributed by atoms with Crippen molar-refractivity contribution in [3.05, 3.63) is 0 Å². The third-order valence-electron chi connectivity index (χ3n) is 8.13. The van der Waals surface area contributed by atoms with E-state index in [4.69, 9.17) is 0 Å². The maximum absolute atomic E-state index is 2.33. The first kappa shape index (κ1) is 23.3. The van der Waals surface area contributed by atoms with Crippen molar-refractivity contribution in [2.45, 2.75) is 149 Å². The van der Waals surface area contributed by atoms with Gasteiger partial charge in [0.15, 0.2) is 0 Å². The van der Waals surface area contributed by atoms with Crippen molar-refractivity contribution in [2.75, 3.05) is 0 Å². The number of hydrogen-bond donors (Lipinski definition) is 0. The van der Waals surface area contributed by atoms with Gasteiger partial charge in [0, 0.05) is 0 Å². The lowest BCUT2D eigenvalue weighted by atomic mass is 9.68. The van der Waals surface area contributed by atoms with E-state index in [-0.39, 0.29) is 0 Å². The Kier molecular flexibility index (Phi) is 12.9.